The Kier molecular flexibility index (Phi) is 4.65. The SMILES string of the molecule is COc1cccc(CCNC(=O)Cc2ccc3oc(=O)[nH]c3c2)c1. The normalized spacial score (nSPS) is 10.7. The van der Waals surface area contributed by atoms with Gasteiger partial charge in [-0.2, -0.15) is 0 Å². The van der Waals surface area contributed by atoms with Crippen molar-refractivity contribution in [2.75, 3.05) is 13.7 Å². The number of nitrogens with one attached hydrogen (secondary N) is 2. The highest BCUT2D eigenvalue weighted by Crippen LogP contribution is 2.13. The molecule has 0 fully saturated rings. The number of rotatable bonds is 6. The Balaban J connectivity index is 1.53. The molecule has 0 spiro atoms. The molecule has 0 bridgehead atoms. The molecule has 124 valence electrons. The lowest BCUT2D eigenvalue weighted by molar-refractivity contribution is -0.120. The van der Waals surface area contributed by atoms with Crippen molar-refractivity contribution in [3.8, 4) is 5.75 Å². The number of ether oxygens (including phenoxy) is 1. The van der Waals surface area contributed by atoms with Crippen LogP contribution in [0, 0.1) is 0 Å². The van der Waals surface area contributed by atoms with Crippen LogP contribution < -0.4 is 15.8 Å². The van der Waals surface area contributed by atoms with Gasteiger partial charge in [0, 0.05) is 6.54 Å². The maximum absolute atomic E-state index is 12.0. The Hall–Kier alpha value is -3.02. The summed E-state index contributed by atoms with van der Waals surface area (Å²) < 4.78 is 10.1. The zero-order valence-electron chi connectivity index (χ0n) is 13.3. The minimum absolute atomic E-state index is 0.0666. The number of oxazole rings is 1. The van der Waals surface area contributed by atoms with E-state index < -0.39 is 5.76 Å². The van der Waals surface area contributed by atoms with Gasteiger partial charge in [-0.05, 0) is 41.8 Å². The van der Waals surface area contributed by atoms with Gasteiger partial charge in [0.05, 0.1) is 19.0 Å². The number of methoxy groups -OCH3 is 1. The number of hydrogen-bond acceptors (Lipinski definition) is 4. The molecule has 1 aromatic heterocycles. The monoisotopic (exact) mass is 326 g/mol. The average molecular weight is 326 g/mol. The second-order valence-corrected chi connectivity index (χ2v) is 5.47. The first-order valence-corrected chi connectivity index (χ1v) is 7.65. The van der Waals surface area contributed by atoms with Crippen molar-refractivity contribution in [3.05, 3.63) is 64.1 Å². The van der Waals surface area contributed by atoms with Crippen LogP contribution in [0.1, 0.15) is 11.1 Å². The standard InChI is InChI=1S/C18H18N2O4/c1-23-14-4-2-3-12(9-14)7-8-19-17(21)11-13-5-6-16-15(10-13)20-18(22)24-16/h2-6,9-10H,7-8,11H2,1H3,(H,19,21)(H,20,22). The molecule has 2 N–H and O–H groups in total. The second kappa shape index (κ2) is 7.04. The summed E-state index contributed by atoms with van der Waals surface area (Å²) in [5, 5.41) is 2.90. The van der Waals surface area contributed by atoms with E-state index in [9.17, 15) is 9.59 Å². The van der Waals surface area contributed by atoms with Gasteiger partial charge in [0.15, 0.2) is 5.58 Å². The second-order valence-electron chi connectivity index (χ2n) is 5.47. The van der Waals surface area contributed by atoms with Gasteiger partial charge in [0.2, 0.25) is 5.91 Å². The largest absolute Gasteiger partial charge is 0.497 e. The number of H-pyrrole nitrogens is 1. The summed E-state index contributed by atoms with van der Waals surface area (Å²) in [7, 11) is 1.63. The topological polar surface area (TPSA) is 84.3 Å². The Morgan fingerprint density at radius 1 is 1.21 bits per heavy atom. The number of fused-ring (bicyclic) bond motifs is 1. The molecule has 6 nitrogen and oxygen atoms in total. The van der Waals surface area contributed by atoms with Gasteiger partial charge in [-0.25, -0.2) is 4.79 Å². The van der Waals surface area contributed by atoms with E-state index in [4.69, 9.17) is 9.15 Å². The van der Waals surface area contributed by atoms with Crippen LogP contribution in [0.3, 0.4) is 0 Å². The van der Waals surface area contributed by atoms with Crippen LogP contribution in [0.2, 0.25) is 0 Å². The highest BCUT2D eigenvalue weighted by Gasteiger charge is 2.06. The van der Waals surface area contributed by atoms with Crippen molar-refractivity contribution in [2.45, 2.75) is 12.8 Å². The zero-order chi connectivity index (χ0) is 16.9. The fourth-order valence-corrected chi connectivity index (χ4v) is 2.53. The highest BCUT2D eigenvalue weighted by atomic mass is 16.5. The van der Waals surface area contributed by atoms with Crippen LogP contribution >= 0.6 is 0 Å². The summed E-state index contributed by atoms with van der Waals surface area (Å²) in [4.78, 5) is 25.8. The van der Waals surface area contributed by atoms with Crippen LogP contribution in [0.25, 0.3) is 11.1 Å². The van der Waals surface area contributed by atoms with E-state index in [1.807, 2.05) is 24.3 Å². The summed E-state index contributed by atoms with van der Waals surface area (Å²) in [6.07, 6.45) is 0.984. The molecule has 3 rings (SSSR count). The first-order valence-electron chi connectivity index (χ1n) is 7.65. The molecule has 1 amide bonds. The number of amides is 1. The molecule has 3 aromatic rings. The molecule has 0 atom stereocenters. The van der Waals surface area contributed by atoms with Gasteiger partial charge in [0.25, 0.3) is 0 Å². The van der Waals surface area contributed by atoms with Crippen molar-refractivity contribution >= 4 is 17.0 Å². The summed E-state index contributed by atoms with van der Waals surface area (Å²) >= 11 is 0. The van der Waals surface area contributed by atoms with Crippen molar-refractivity contribution in [1.82, 2.24) is 10.3 Å². The molecular weight excluding hydrogens is 308 g/mol. The summed E-state index contributed by atoms with van der Waals surface area (Å²) in [5.74, 6) is 0.245. The number of benzene rings is 2. The van der Waals surface area contributed by atoms with Crippen LogP contribution in [0.5, 0.6) is 5.75 Å². The number of aromatic nitrogens is 1. The van der Waals surface area contributed by atoms with Crippen LogP contribution in [0.15, 0.2) is 51.7 Å². The molecule has 0 aliphatic carbocycles. The minimum atomic E-state index is -0.495. The summed E-state index contributed by atoms with van der Waals surface area (Å²) in [6, 6.07) is 13.0. The van der Waals surface area contributed by atoms with E-state index >= 15 is 0 Å². The Morgan fingerprint density at radius 2 is 2.08 bits per heavy atom. The fraction of sp³-hybridized carbons (Fsp3) is 0.222. The van der Waals surface area contributed by atoms with Gasteiger partial charge in [-0.1, -0.05) is 18.2 Å². The van der Waals surface area contributed by atoms with E-state index in [0.29, 0.717) is 17.6 Å². The molecule has 0 saturated heterocycles. The van der Waals surface area contributed by atoms with Crippen LogP contribution in [-0.4, -0.2) is 24.5 Å². The van der Waals surface area contributed by atoms with Gasteiger partial charge in [-0.3, -0.25) is 9.78 Å². The van der Waals surface area contributed by atoms with E-state index in [-0.39, 0.29) is 12.3 Å². The van der Waals surface area contributed by atoms with E-state index in [0.717, 1.165) is 23.3 Å². The first-order chi connectivity index (χ1) is 11.6. The molecule has 2 aromatic carbocycles. The lowest BCUT2D eigenvalue weighted by atomic mass is 10.1. The fourth-order valence-electron chi connectivity index (χ4n) is 2.53. The Labute approximate surface area is 138 Å². The quantitative estimate of drug-likeness (QED) is 0.726. The van der Waals surface area contributed by atoms with Crippen molar-refractivity contribution < 1.29 is 13.9 Å². The maximum atomic E-state index is 12.0. The highest BCUT2D eigenvalue weighted by molar-refractivity contribution is 5.80. The average Bonchev–Trinajstić information content (AvgIpc) is 2.94. The molecule has 0 aliphatic rings. The minimum Gasteiger partial charge on any atom is -0.497 e. The van der Waals surface area contributed by atoms with Gasteiger partial charge >= 0.3 is 5.76 Å². The Morgan fingerprint density at radius 3 is 2.92 bits per heavy atom. The van der Waals surface area contributed by atoms with E-state index in [1.54, 1.807) is 25.3 Å². The molecule has 1 heterocycles. The predicted octanol–water partition coefficient (Wildman–Crippen LogP) is 2.03. The lowest BCUT2D eigenvalue weighted by Gasteiger charge is -2.07. The van der Waals surface area contributed by atoms with Crippen molar-refractivity contribution in [2.24, 2.45) is 0 Å². The Bertz CT molecular complexity index is 911. The number of carbonyl (C=O) groups is 1. The number of hydrogen-bond donors (Lipinski definition) is 2. The van der Waals surface area contributed by atoms with Gasteiger partial charge in [-0.15, -0.1) is 0 Å². The molecule has 6 heteroatoms. The number of aromatic amines is 1. The first kappa shape index (κ1) is 15.9. The maximum Gasteiger partial charge on any atom is 0.417 e. The van der Waals surface area contributed by atoms with E-state index in [2.05, 4.69) is 10.3 Å². The van der Waals surface area contributed by atoms with E-state index in [1.165, 1.54) is 0 Å². The van der Waals surface area contributed by atoms with Crippen molar-refractivity contribution in [3.63, 3.8) is 0 Å². The molecule has 0 radical (unpaired) electrons. The molecule has 0 aliphatic heterocycles. The van der Waals surface area contributed by atoms with Crippen LogP contribution in [-0.2, 0) is 17.6 Å². The predicted molar refractivity (Wildman–Crippen MR) is 90.2 cm³/mol. The third kappa shape index (κ3) is 3.84. The molecule has 0 saturated carbocycles. The third-order valence-electron chi connectivity index (χ3n) is 3.72. The van der Waals surface area contributed by atoms with Crippen molar-refractivity contribution in [1.29, 1.82) is 0 Å². The molecule has 0 unspecified atom stereocenters. The summed E-state index contributed by atoms with van der Waals surface area (Å²) in [5.41, 5.74) is 3.01. The lowest BCUT2D eigenvalue weighted by Crippen LogP contribution is -2.27. The molecule has 24 heavy (non-hydrogen) atoms. The van der Waals surface area contributed by atoms with Gasteiger partial charge in [0.1, 0.15) is 5.75 Å². The third-order valence-corrected chi connectivity index (χ3v) is 3.72. The zero-order valence-corrected chi connectivity index (χ0v) is 13.3. The van der Waals surface area contributed by atoms with Gasteiger partial charge < -0.3 is 14.5 Å². The summed E-state index contributed by atoms with van der Waals surface area (Å²) in [6.45, 7) is 0.552. The molecular formula is C18H18N2O4. The number of carbonyl (C=O) groups excluding carboxylic acids is 1. The van der Waals surface area contributed by atoms with Crippen LogP contribution in [0.4, 0.5) is 0 Å². The smallest absolute Gasteiger partial charge is 0.417 e.